The van der Waals surface area contributed by atoms with Gasteiger partial charge in [-0.05, 0) is 66.5 Å². The van der Waals surface area contributed by atoms with E-state index in [0.29, 0.717) is 6.54 Å². The summed E-state index contributed by atoms with van der Waals surface area (Å²) in [5.41, 5.74) is 4.63. The molecular weight excluding hydrogens is 384 g/mol. The molecule has 1 saturated heterocycles. The number of benzene rings is 2. The normalized spacial score (nSPS) is 19.8. The Balaban J connectivity index is 1.81. The van der Waals surface area contributed by atoms with Gasteiger partial charge in [-0.1, -0.05) is 56.6 Å². The first-order valence-corrected chi connectivity index (χ1v) is 10.6. The van der Waals surface area contributed by atoms with Gasteiger partial charge in [-0.3, -0.25) is 0 Å². The molecule has 1 aliphatic rings. The van der Waals surface area contributed by atoms with Crippen molar-refractivity contribution in [2.45, 2.75) is 59.0 Å². The number of nitrogens with zero attached hydrogens (tertiary/aromatic N) is 1. The van der Waals surface area contributed by atoms with Crippen LogP contribution in [0.5, 0.6) is 0 Å². The van der Waals surface area contributed by atoms with Crippen molar-refractivity contribution in [2.75, 3.05) is 11.9 Å². The minimum Gasteiger partial charge on any atom is -0.530 e. The number of carbonyl (C=O) groups excluding carboxylic acids is 1. The Morgan fingerprint density at radius 2 is 1.97 bits per heavy atom. The van der Waals surface area contributed by atoms with Crippen LogP contribution in [-0.2, 0) is 6.42 Å². The van der Waals surface area contributed by atoms with E-state index in [4.69, 9.17) is 11.6 Å². The lowest BCUT2D eigenvalue weighted by Gasteiger charge is -2.47. The number of halogens is 1. The highest BCUT2D eigenvalue weighted by Crippen LogP contribution is 2.34. The fourth-order valence-corrected chi connectivity index (χ4v) is 4.49. The zero-order chi connectivity index (χ0) is 21.2. The molecule has 4 nitrogen and oxygen atoms in total. The molecular formula is C24H30ClN2O2-. The molecule has 2 aromatic rings. The minimum atomic E-state index is -1.07. The molecule has 0 radical (unpaired) electrons. The summed E-state index contributed by atoms with van der Waals surface area (Å²) >= 11 is 6.17. The standard InChI is InChI=1S/C24H31ClN2O2/c1-16-7-5-10-21(20(16)14-17-8-6-9-18(25)13-17)26-19-11-12-27(23(28)29)22(15-19)24(2,3)4/h5-10,13,19,22,26H,11-12,14-15H2,1-4H3,(H,28,29)/p-1. The number of hydrogen-bond acceptors (Lipinski definition) is 3. The average molecular weight is 414 g/mol. The average Bonchev–Trinajstić information content (AvgIpc) is 2.64. The first-order chi connectivity index (χ1) is 13.6. The van der Waals surface area contributed by atoms with E-state index in [-0.39, 0.29) is 17.5 Å². The maximum Gasteiger partial charge on any atom is 0.137 e. The summed E-state index contributed by atoms with van der Waals surface area (Å²) < 4.78 is 0. The van der Waals surface area contributed by atoms with Gasteiger partial charge < -0.3 is 20.1 Å². The summed E-state index contributed by atoms with van der Waals surface area (Å²) in [7, 11) is 0. The predicted octanol–water partition coefficient (Wildman–Crippen LogP) is 4.87. The lowest BCUT2D eigenvalue weighted by molar-refractivity contribution is -0.271. The number of carboxylic acid groups (broad SMARTS) is 1. The summed E-state index contributed by atoms with van der Waals surface area (Å²) in [5.74, 6) is 0. The molecule has 156 valence electrons. The van der Waals surface area contributed by atoms with E-state index in [1.54, 1.807) is 0 Å². The van der Waals surface area contributed by atoms with E-state index < -0.39 is 6.09 Å². The van der Waals surface area contributed by atoms with Crippen molar-refractivity contribution in [2.24, 2.45) is 5.41 Å². The number of hydrogen-bond donors (Lipinski definition) is 1. The van der Waals surface area contributed by atoms with E-state index in [0.717, 1.165) is 30.0 Å². The third kappa shape index (κ3) is 5.24. The molecule has 2 unspecified atom stereocenters. The summed E-state index contributed by atoms with van der Waals surface area (Å²) in [6.07, 6.45) is 1.27. The summed E-state index contributed by atoms with van der Waals surface area (Å²) in [5, 5.41) is 16.0. The zero-order valence-corrected chi connectivity index (χ0v) is 18.4. The molecule has 1 N–H and O–H groups in total. The van der Waals surface area contributed by atoms with Crippen molar-refractivity contribution in [3.63, 3.8) is 0 Å². The Morgan fingerprint density at radius 1 is 1.24 bits per heavy atom. The Labute approximate surface area is 178 Å². The van der Waals surface area contributed by atoms with E-state index in [1.165, 1.54) is 21.6 Å². The predicted molar refractivity (Wildman–Crippen MR) is 117 cm³/mol. The van der Waals surface area contributed by atoms with Crippen LogP contribution in [-0.4, -0.2) is 29.6 Å². The highest BCUT2D eigenvalue weighted by atomic mass is 35.5. The largest absolute Gasteiger partial charge is 0.530 e. The van der Waals surface area contributed by atoms with Crippen molar-refractivity contribution < 1.29 is 9.90 Å². The molecule has 0 bridgehead atoms. The minimum absolute atomic E-state index is 0.0695. The quantitative estimate of drug-likeness (QED) is 0.777. The van der Waals surface area contributed by atoms with Gasteiger partial charge in [-0.2, -0.15) is 0 Å². The maximum atomic E-state index is 11.6. The number of likely N-dealkylation sites (tertiary alicyclic amines) is 1. The Morgan fingerprint density at radius 3 is 2.62 bits per heavy atom. The monoisotopic (exact) mass is 413 g/mol. The second-order valence-corrected chi connectivity index (χ2v) is 9.55. The fraction of sp³-hybridized carbons (Fsp3) is 0.458. The molecule has 5 heteroatoms. The second kappa shape index (κ2) is 8.66. The van der Waals surface area contributed by atoms with Gasteiger partial charge in [0.15, 0.2) is 0 Å². The lowest BCUT2D eigenvalue weighted by Crippen LogP contribution is -2.57. The number of rotatable bonds is 4. The maximum absolute atomic E-state index is 11.6. The SMILES string of the molecule is Cc1cccc(NC2CCN(C(=O)[O-])C(C(C)(C)C)C2)c1Cc1cccc(Cl)c1. The number of nitrogens with one attached hydrogen (secondary N) is 1. The van der Waals surface area contributed by atoms with Gasteiger partial charge in [0.05, 0.1) is 0 Å². The molecule has 1 heterocycles. The van der Waals surface area contributed by atoms with Crippen LogP contribution >= 0.6 is 11.6 Å². The van der Waals surface area contributed by atoms with Crippen LogP contribution < -0.4 is 10.4 Å². The van der Waals surface area contributed by atoms with Gasteiger partial charge in [0.2, 0.25) is 0 Å². The van der Waals surface area contributed by atoms with Crippen LogP contribution in [0.4, 0.5) is 10.5 Å². The number of carbonyl (C=O) groups is 1. The van der Waals surface area contributed by atoms with Crippen molar-refractivity contribution in [1.29, 1.82) is 0 Å². The summed E-state index contributed by atoms with van der Waals surface area (Å²) in [6.45, 7) is 8.90. The zero-order valence-electron chi connectivity index (χ0n) is 17.7. The molecule has 0 saturated carbocycles. The third-order valence-electron chi connectivity index (χ3n) is 5.88. The topological polar surface area (TPSA) is 55.4 Å². The molecule has 29 heavy (non-hydrogen) atoms. The molecule has 1 fully saturated rings. The molecule has 0 spiro atoms. The van der Waals surface area contributed by atoms with Gasteiger partial charge in [0, 0.05) is 29.3 Å². The first kappa shape index (κ1) is 21.5. The molecule has 1 amide bonds. The Kier molecular flexibility index (Phi) is 6.42. The number of piperidine rings is 1. The molecule has 0 aromatic heterocycles. The van der Waals surface area contributed by atoms with Crippen LogP contribution in [0.2, 0.25) is 5.02 Å². The smallest absolute Gasteiger partial charge is 0.137 e. The molecule has 0 aliphatic carbocycles. The van der Waals surface area contributed by atoms with Gasteiger partial charge in [0.1, 0.15) is 6.09 Å². The van der Waals surface area contributed by atoms with Crippen molar-refractivity contribution in [3.8, 4) is 0 Å². The number of anilines is 1. The van der Waals surface area contributed by atoms with Crippen LogP contribution in [0.25, 0.3) is 0 Å². The van der Waals surface area contributed by atoms with Crippen molar-refractivity contribution in [1.82, 2.24) is 4.90 Å². The molecule has 3 rings (SSSR count). The highest BCUT2D eigenvalue weighted by molar-refractivity contribution is 6.30. The summed E-state index contributed by atoms with van der Waals surface area (Å²) in [6, 6.07) is 14.4. The number of aryl methyl sites for hydroxylation is 1. The van der Waals surface area contributed by atoms with Crippen LogP contribution in [0.15, 0.2) is 42.5 Å². The van der Waals surface area contributed by atoms with E-state index >= 15 is 0 Å². The lowest BCUT2D eigenvalue weighted by atomic mass is 9.79. The van der Waals surface area contributed by atoms with Crippen LogP contribution in [0, 0.1) is 12.3 Å². The van der Waals surface area contributed by atoms with Gasteiger partial charge in [-0.25, -0.2) is 0 Å². The van der Waals surface area contributed by atoms with Crippen LogP contribution in [0.3, 0.4) is 0 Å². The van der Waals surface area contributed by atoms with Crippen molar-refractivity contribution in [3.05, 3.63) is 64.2 Å². The molecule has 2 atom stereocenters. The Bertz CT molecular complexity index is 875. The molecule has 1 aliphatic heterocycles. The van der Waals surface area contributed by atoms with Gasteiger partial charge >= 0.3 is 0 Å². The third-order valence-corrected chi connectivity index (χ3v) is 6.11. The number of amides is 1. The second-order valence-electron chi connectivity index (χ2n) is 9.11. The van der Waals surface area contributed by atoms with Gasteiger partial charge in [-0.15, -0.1) is 0 Å². The summed E-state index contributed by atoms with van der Waals surface area (Å²) in [4.78, 5) is 13.1. The van der Waals surface area contributed by atoms with Crippen molar-refractivity contribution >= 4 is 23.4 Å². The van der Waals surface area contributed by atoms with E-state index in [9.17, 15) is 9.90 Å². The fourth-order valence-electron chi connectivity index (χ4n) is 4.28. The Hall–Kier alpha value is -2.20. The van der Waals surface area contributed by atoms with E-state index in [1.807, 2.05) is 18.2 Å². The van der Waals surface area contributed by atoms with Crippen LogP contribution in [0.1, 0.15) is 50.3 Å². The first-order valence-electron chi connectivity index (χ1n) is 10.2. The van der Waals surface area contributed by atoms with Gasteiger partial charge in [0.25, 0.3) is 0 Å². The molecule has 2 aromatic carbocycles. The van der Waals surface area contributed by atoms with E-state index in [2.05, 4.69) is 57.3 Å². The highest BCUT2D eigenvalue weighted by Gasteiger charge is 2.36.